The molecule has 1 aromatic carbocycles. The number of hydrogen-bond donors (Lipinski definition) is 16. The second-order valence-corrected chi connectivity index (χ2v) is 14.8. The van der Waals surface area contributed by atoms with Gasteiger partial charge < -0.3 is 84.7 Å². The van der Waals surface area contributed by atoms with E-state index in [1.807, 2.05) is 5.32 Å². The topological polar surface area (TPSA) is 458 Å². The lowest BCUT2D eigenvalue weighted by Crippen LogP contribution is -2.59. The maximum atomic E-state index is 13.4. The van der Waals surface area contributed by atoms with Gasteiger partial charge in [0.1, 0.15) is 42.8 Å². The molecule has 8 atom stereocenters. The molecule has 0 radical (unpaired) electrons. The number of aliphatic hydroxyl groups is 3. The minimum atomic E-state index is -1.76. The van der Waals surface area contributed by atoms with Crippen molar-refractivity contribution >= 4 is 65.0 Å². The van der Waals surface area contributed by atoms with Crippen LogP contribution >= 0.6 is 0 Å². The van der Waals surface area contributed by atoms with E-state index in [2.05, 4.69) is 52.5 Å². The number of amides is 10. The molecule has 0 aliphatic heterocycles. The number of aromatic nitrogens is 2. The highest BCUT2D eigenvalue weighted by atomic mass is 16.4. The Morgan fingerprint density at radius 3 is 1.75 bits per heavy atom. The number of benzene rings is 1. The summed E-state index contributed by atoms with van der Waals surface area (Å²) < 4.78 is 0. The third kappa shape index (κ3) is 20.4. The number of aromatic amines is 1. The van der Waals surface area contributed by atoms with Crippen molar-refractivity contribution in [1.29, 1.82) is 0 Å². The number of carbonyl (C=O) groups is 11. The van der Waals surface area contributed by atoms with Gasteiger partial charge in [-0.2, -0.15) is 0 Å². The highest BCUT2D eigenvalue weighted by Gasteiger charge is 2.32. The van der Waals surface area contributed by atoms with Gasteiger partial charge in [0, 0.05) is 24.7 Å². The molecule has 2 aromatic rings. The van der Waals surface area contributed by atoms with Crippen LogP contribution in [-0.4, -0.2) is 177 Å². The first-order chi connectivity index (χ1) is 31.6. The van der Waals surface area contributed by atoms with Crippen molar-refractivity contribution in [2.75, 3.05) is 32.8 Å². The lowest BCUT2D eigenvalue weighted by atomic mass is 10.1. The molecule has 28 nitrogen and oxygen atoms in total. The lowest BCUT2D eigenvalue weighted by molar-refractivity contribution is -0.139. The lowest BCUT2D eigenvalue weighted by Gasteiger charge is -2.25. The molecule has 0 aliphatic carbocycles. The quantitative estimate of drug-likeness (QED) is 0.0360. The number of rotatable bonds is 29. The van der Waals surface area contributed by atoms with Gasteiger partial charge in [0.15, 0.2) is 0 Å². The Hall–Kier alpha value is -7.56. The van der Waals surface area contributed by atoms with E-state index >= 15 is 0 Å². The number of H-pyrrole nitrogens is 1. The van der Waals surface area contributed by atoms with Crippen LogP contribution < -0.4 is 59.3 Å². The van der Waals surface area contributed by atoms with Gasteiger partial charge in [0.25, 0.3) is 0 Å². The summed E-state index contributed by atoms with van der Waals surface area (Å²) in [5, 5.41) is 58.8. The summed E-state index contributed by atoms with van der Waals surface area (Å²) in [4.78, 5) is 145. The zero-order valence-corrected chi connectivity index (χ0v) is 36.4. The zero-order valence-electron chi connectivity index (χ0n) is 36.4. The Labute approximate surface area is 381 Å². The van der Waals surface area contributed by atoms with Crippen molar-refractivity contribution in [3.63, 3.8) is 0 Å². The molecular weight excluding hydrogens is 891 g/mol. The SMILES string of the molecule is C[C@H](NC(=O)CNC(=O)[C@H](CO)NC(=O)[C@@H](N)Cc1ccccc1)C(=O)N[C@H](C(=O)NCC(=O)N[C@@H](Cc1cnc[nH]1)C(=O)N[C@@H](CO)C(=O)N[C@@H](CCC(N)=O)C(=O)NCC(=O)O)[C@@H](C)O. The summed E-state index contributed by atoms with van der Waals surface area (Å²) in [6.45, 7) is -1.92. The maximum Gasteiger partial charge on any atom is 0.322 e. The normalized spacial score (nSPS) is 14.4. The van der Waals surface area contributed by atoms with Crippen molar-refractivity contribution in [3.05, 3.63) is 54.1 Å². The van der Waals surface area contributed by atoms with Crippen molar-refractivity contribution in [2.45, 2.75) is 87.9 Å². The molecule has 18 N–H and O–H groups in total. The molecule has 0 saturated heterocycles. The van der Waals surface area contributed by atoms with Crippen molar-refractivity contribution in [1.82, 2.24) is 57.8 Å². The summed E-state index contributed by atoms with van der Waals surface area (Å²) in [6, 6.07) is -1.59. The van der Waals surface area contributed by atoms with Crippen LogP contribution in [0, 0.1) is 0 Å². The Morgan fingerprint density at radius 1 is 0.642 bits per heavy atom. The van der Waals surface area contributed by atoms with Gasteiger partial charge >= 0.3 is 5.97 Å². The fraction of sp³-hybridized carbons (Fsp3) is 0.487. The predicted molar refractivity (Wildman–Crippen MR) is 229 cm³/mol. The first kappa shape index (κ1) is 55.6. The number of nitrogens with two attached hydrogens (primary N) is 2. The Bertz CT molecular complexity index is 2040. The number of nitrogens with zero attached hydrogens (tertiary/aromatic N) is 1. The predicted octanol–water partition coefficient (Wildman–Crippen LogP) is -8.49. The number of nitrogens with one attached hydrogen (secondary N) is 10. The van der Waals surface area contributed by atoms with E-state index in [9.17, 15) is 68.1 Å². The van der Waals surface area contributed by atoms with Gasteiger partial charge in [0.2, 0.25) is 59.1 Å². The fourth-order valence-corrected chi connectivity index (χ4v) is 5.69. The van der Waals surface area contributed by atoms with Crippen molar-refractivity contribution in [2.24, 2.45) is 11.5 Å². The van der Waals surface area contributed by atoms with Gasteiger partial charge in [-0.15, -0.1) is 0 Å². The number of primary amides is 1. The first-order valence-electron chi connectivity index (χ1n) is 20.5. The number of aliphatic hydroxyl groups excluding tert-OH is 3. The van der Waals surface area contributed by atoms with Crippen LogP contribution in [0.25, 0.3) is 0 Å². The summed E-state index contributed by atoms with van der Waals surface area (Å²) in [5.41, 5.74) is 12.1. The number of aliphatic carboxylic acids is 1. The van der Waals surface area contributed by atoms with Crippen molar-refractivity contribution < 1.29 is 73.2 Å². The second kappa shape index (κ2) is 28.4. The highest BCUT2D eigenvalue weighted by molar-refractivity contribution is 5.97. The van der Waals surface area contributed by atoms with E-state index in [0.29, 0.717) is 5.69 Å². The van der Waals surface area contributed by atoms with E-state index < -0.39 is 153 Å². The van der Waals surface area contributed by atoms with Crippen molar-refractivity contribution in [3.8, 4) is 0 Å². The molecule has 28 heteroatoms. The molecule has 10 amide bonds. The minimum Gasteiger partial charge on any atom is -0.480 e. The van der Waals surface area contributed by atoms with E-state index in [4.69, 9.17) is 16.6 Å². The van der Waals surface area contributed by atoms with Gasteiger partial charge in [0.05, 0.1) is 44.8 Å². The van der Waals surface area contributed by atoms with E-state index in [0.717, 1.165) is 12.5 Å². The van der Waals surface area contributed by atoms with E-state index in [-0.39, 0.29) is 19.3 Å². The third-order valence-corrected chi connectivity index (χ3v) is 9.30. The number of hydrogen-bond acceptors (Lipinski definition) is 16. The molecule has 67 heavy (non-hydrogen) atoms. The molecule has 0 spiro atoms. The Kier molecular flexibility index (Phi) is 23.5. The van der Waals surface area contributed by atoms with Crippen LogP contribution in [0.5, 0.6) is 0 Å². The summed E-state index contributed by atoms with van der Waals surface area (Å²) in [5.74, 6) is -11.1. The van der Waals surface area contributed by atoms with Crippen LogP contribution in [0.1, 0.15) is 37.9 Å². The monoisotopic (exact) mass is 947 g/mol. The molecular formula is C39H57N13O15. The second-order valence-electron chi connectivity index (χ2n) is 14.8. The smallest absolute Gasteiger partial charge is 0.322 e. The maximum absolute atomic E-state index is 13.4. The van der Waals surface area contributed by atoms with Crippen LogP contribution in [0.4, 0.5) is 0 Å². The zero-order chi connectivity index (χ0) is 50.2. The molecule has 0 bridgehead atoms. The van der Waals surface area contributed by atoms with E-state index in [1.165, 1.54) is 19.4 Å². The number of imidazole rings is 1. The Morgan fingerprint density at radius 2 is 1.18 bits per heavy atom. The standard InChI is InChI=1S/C39H57N13O15/c1-19(47-29(57)13-43-36(64)26(16-53)50-34(62)23(40)10-21-6-4-3-5-7-21)33(61)52-32(20(2)55)39(67)44-14-30(58)48-25(11-22-12-42-18-46-22)37(65)51-27(17-54)38(66)49-24(8-9-28(41)56)35(63)45-15-31(59)60/h3-7,12,18-20,23-27,32,53-55H,8-11,13-17,40H2,1-2H3,(H2,41,56)(H,42,46)(H,43,64)(H,44,67)(H,45,63)(H,47,57)(H,48,58)(H,49,66)(H,50,62)(H,51,65)(H,52,61)(H,59,60)/t19-,20+,23-,24-,25-,26-,27-,32-/m0/s1. The van der Waals surface area contributed by atoms with Gasteiger partial charge in [-0.3, -0.25) is 52.7 Å². The van der Waals surface area contributed by atoms with Gasteiger partial charge in [-0.1, -0.05) is 30.3 Å². The van der Waals surface area contributed by atoms with Crippen LogP contribution in [-0.2, 0) is 65.6 Å². The van der Waals surface area contributed by atoms with Gasteiger partial charge in [-0.05, 0) is 32.3 Å². The molecule has 0 aliphatic rings. The fourth-order valence-electron chi connectivity index (χ4n) is 5.69. The average Bonchev–Trinajstić information content (AvgIpc) is 3.80. The number of carboxylic acids is 1. The third-order valence-electron chi connectivity index (χ3n) is 9.30. The number of carboxylic acid groups (broad SMARTS) is 1. The molecule has 368 valence electrons. The molecule has 0 saturated carbocycles. The largest absolute Gasteiger partial charge is 0.480 e. The van der Waals surface area contributed by atoms with Crippen LogP contribution in [0.3, 0.4) is 0 Å². The Balaban J connectivity index is 1.98. The molecule has 1 heterocycles. The summed E-state index contributed by atoms with van der Waals surface area (Å²) in [7, 11) is 0. The highest BCUT2D eigenvalue weighted by Crippen LogP contribution is 2.04. The summed E-state index contributed by atoms with van der Waals surface area (Å²) >= 11 is 0. The van der Waals surface area contributed by atoms with Crippen LogP contribution in [0.15, 0.2) is 42.9 Å². The molecule has 0 fully saturated rings. The number of carbonyl (C=O) groups excluding carboxylic acids is 10. The average molecular weight is 948 g/mol. The first-order valence-corrected chi connectivity index (χ1v) is 20.5. The molecule has 0 unspecified atom stereocenters. The minimum absolute atomic E-state index is 0.144. The molecule has 1 aromatic heterocycles. The van der Waals surface area contributed by atoms with Crippen LogP contribution in [0.2, 0.25) is 0 Å². The summed E-state index contributed by atoms with van der Waals surface area (Å²) in [6.07, 6.45) is 0.0712. The van der Waals surface area contributed by atoms with E-state index in [1.54, 1.807) is 30.3 Å². The molecule has 2 rings (SSSR count). The van der Waals surface area contributed by atoms with Gasteiger partial charge in [-0.25, -0.2) is 4.98 Å².